The van der Waals surface area contributed by atoms with E-state index >= 15 is 0 Å². The first-order valence-corrected chi connectivity index (χ1v) is 6.81. The molecule has 0 aromatic carbocycles. The summed E-state index contributed by atoms with van der Waals surface area (Å²) in [6, 6.07) is 3.73. The summed E-state index contributed by atoms with van der Waals surface area (Å²) in [6.07, 6.45) is 11.3. The van der Waals surface area contributed by atoms with Crippen LogP contribution >= 0.6 is 0 Å². The lowest BCUT2D eigenvalue weighted by Crippen LogP contribution is -2.55. The van der Waals surface area contributed by atoms with Gasteiger partial charge in [-0.1, -0.05) is 19.3 Å². The fourth-order valence-corrected chi connectivity index (χ4v) is 4.03. The zero-order valence-corrected chi connectivity index (χ0v) is 10.6. The predicted octanol–water partition coefficient (Wildman–Crippen LogP) is 3.15. The summed E-state index contributed by atoms with van der Waals surface area (Å²) in [4.78, 5) is 15.7. The molecule has 3 nitrogen and oxygen atoms in total. The van der Waals surface area contributed by atoms with E-state index in [2.05, 4.69) is 4.98 Å². The van der Waals surface area contributed by atoms with E-state index in [0.29, 0.717) is 5.41 Å². The maximum Gasteiger partial charge on any atom is 0.314 e. The molecule has 0 bridgehead atoms. The van der Waals surface area contributed by atoms with Crippen LogP contribution in [0.3, 0.4) is 0 Å². The zero-order chi connectivity index (χ0) is 12.6. The van der Waals surface area contributed by atoms with Crippen LogP contribution in [0.2, 0.25) is 0 Å². The molecule has 3 rings (SSSR count). The summed E-state index contributed by atoms with van der Waals surface area (Å²) in [7, 11) is 0. The van der Waals surface area contributed by atoms with E-state index in [4.69, 9.17) is 0 Å². The van der Waals surface area contributed by atoms with Gasteiger partial charge in [-0.2, -0.15) is 0 Å². The van der Waals surface area contributed by atoms with Gasteiger partial charge in [0.2, 0.25) is 0 Å². The first-order valence-electron chi connectivity index (χ1n) is 6.81. The lowest BCUT2D eigenvalue weighted by molar-refractivity contribution is -0.156. The Morgan fingerprint density at radius 1 is 1.11 bits per heavy atom. The third-order valence-electron chi connectivity index (χ3n) is 4.91. The van der Waals surface area contributed by atoms with E-state index < -0.39 is 11.4 Å². The molecule has 1 spiro atoms. The van der Waals surface area contributed by atoms with Crippen LogP contribution < -0.4 is 0 Å². The number of hydrogen-bond acceptors (Lipinski definition) is 2. The minimum absolute atomic E-state index is 0.319. The van der Waals surface area contributed by atoms with Gasteiger partial charge in [-0.15, -0.1) is 0 Å². The first kappa shape index (κ1) is 11.7. The van der Waals surface area contributed by atoms with Crippen molar-refractivity contribution in [3.63, 3.8) is 0 Å². The maximum absolute atomic E-state index is 11.7. The number of rotatable bonds is 2. The van der Waals surface area contributed by atoms with Gasteiger partial charge in [0.25, 0.3) is 0 Å². The minimum Gasteiger partial charge on any atom is -0.481 e. The molecule has 2 aliphatic carbocycles. The predicted molar refractivity (Wildman–Crippen MR) is 68.3 cm³/mol. The molecule has 0 saturated heterocycles. The van der Waals surface area contributed by atoms with E-state index in [1.165, 1.54) is 32.1 Å². The summed E-state index contributed by atoms with van der Waals surface area (Å²) in [6.45, 7) is 0. The Balaban J connectivity index is 1.87. The van der Waals surface area contributed by atoms with Gasteiger partial charge in [0.1, 0.15) is 0 Å². The smallest absolute Gasteiger partial charge is 0.314 e. The van der Waals surface area contributed by atoms with Crippen molar-refractivity contribution in [3.8, 4) is 0 Å². The second kappa shape index (κ2) is 4.08. The van der Waals surface area contributed by atoms with Crippen LogP contribution in [0, 0.1) is 5.41 Å². The first-order chi connectivity index (χ1) is 8.67. The third kappa shape index (κ3) is 1.64. The van der Waals surface area contributed by atoms with Gasteiger partial charge in [-0.05, 0) is 48.8 Å². The molecule has 1 aromatic heterocycles. The van der Waals surface area contributed by atoms with Crippen LogP contribution in [0.15, 0.2) is 24.5 Å². The Kier molecular flexibility index (Phi) is 2.65. The minimum atomic E-state index is -0.662. The fraction of sp³-hybridized carbons (Fsp3) is 0.600. The van der Waals surface area contributed by atoms with Crippen molar-refractivity contribution in [2.75, 3.05) is 0 Å². The number of pyridine rings is 1. The van der Waals surface area contributed by atoms with Crippen molar-refractivity contribution < 1.29 is 9.90 Å². The average molecular weight is 245 g/mol. The SMILES string of the molecule is O=C(O)C1(c2ccncc2)CC2(CCCCC2)C1. The molecule has 0 radical (unpaired) electrons. The number of aliphatic carboxylic acids is 1. The van der Waals surface area contributed by atoms with E-state index in [0.717, 1.165) is 18.4 Å². The van der Waals surface area contributed by atoms with Crippen LogP contribution in [-0.4, -0.2) is 16.1 Å². The Hall–Kier alpha value is -1.38. The van der Waals surface area contributed by atoms with Crippen LogP contribution in [0.4, 0.5) is 0 Å². The second-order valence-corrected chi connectivity index (χ2v) is 6.04. The van der Waals surface area contributed by atoms with Gasteiger partial charge in [-0.3, -0.25) is 9.78 Å². The van der Waals surface area contributed by atoms with Gasteiger partial charge in [0.05, 0.1) is 5.41 Å². The monoisotopic (exact) mass is 245 g/mol. The molecular weight excluding hydrogens is 226 g/mol. The van der Waals surface area contributed by atoms with Crippen molar-refractivity contribution in [2.24, 2.45) is 5.41 Å². The number of carboxylic acid groups (broad SMARTS) is 1. The number of hydrogen-bond donors (Lipinski definition) is 1. The summed E-state index contributed by atoms with van der Waals surface area (Å²) >= 11 is 0. The fourth-order valence-electron chi connectivity index (χ4n) is 4.03. The van der Waals surface area contributed by atoms with Gasteiger partial charge in [0, 0.05) is 12.4 Å². The van der Waals surface area contributed by atoms with Crippen LogP contribution in [-0.2, 0) is 10.2 Å². The quantitative estimate of drug-likeness (QED) is 0.870. The standard InChI is InChI=1S/C15H19NO2/c17-13(18)15(12-4-8-16-9-5-12)10-14(11-15)6-2-1-3-7-14/h4-5,8-9H,1-3,6-7,10-11H2,(H,17,18). The van der Waals surface area contributed by atoms with Crippen molar-refractivity contribution >= 4 is 5.97 Å². The van der Waals surface area contributed by atoms with Crippen molar-refractivity contribution in [1.82, 2.24) is 4.98 Å². The van der Waals surface area contributed by atoms with Gasteiger partial charge >= 0.3 is 5.97 Å². The number of carboxylic acids is 1. The highest BCUT2D eigenvalue weighted by Crippen LogP contribution is 2.61. The largest absolute Gasteiger partial charge is 0.481 e. The molecule has 1 N–H and O–H groups in total. The molecule has 1 aromatic rings. The average Bonchev–Trinajstić information content (AvgIpc) is 2.37. The van der Waals surface area contributed by atoms with Crippen molar-refractivity contribution in [2.45, 2.75) is 50.4 Å². The molecule has 3 heteroatoms. The molecule has 2 aliphatic rings. The van der Waals surface area contributed by atoms with Crippen molar-refractivity contribution in [3.05, 3.63) is 30.1 Å². The van der Waals surface area contributed by atoms with E-state index in [-0.39, 0.29) is 0 Å². The van der Waals surface area contributed by atoms with Crippen molar-refractivity contribution in [1.29, 1.82) is 0 Å². The van der Waals surface area contributed by atoms with Gasteiger partial charge < -0.3 is 5.11 Å². The van der Waals surface area contributed by atoms with E-state index in [9.17, 15) is 9.90 Å². The van der Waals surface area contributed by atoms with E-state index in [1.54, 1.807) is 12.4 Å². The Morgan fingerprint density at radius 2 is 1.72 bits per heavy atom. The summed E-state index contributed by atoms with van der Waals surface area (Å²) in [5.41, 5.74) is 0.612. The Labute approximate surface area is 107 Å². The second-order valence-electron chi connectivity index (χ2n) is 6.04. The zero-order valence-electron chi connectivity index (χ0n) is 10.6. The normalized spacial score (nSPS) is 24.4. The molecule has 0 unspecified atom stereocenters. The Bertz CT molecular complexity index is 441. The summed E-state index contributed by atoms with van der Waals surface area (Å²) in [5, 5.41) is 9.63. The summed E-state index contributed by atoms with van der Waals surface area (Å²) in [5.74, 6) is -0.662. The van der Waals surface area contributed by atoms with Crippen LogP contribution in [0.1, 0.15) is 50.5 Å². The highest BCUT2D eigenvalue weighted by Gasteiger charge is 2.59. The Morgan fingerprint density at radius 3 is 2.28 bits per heavy atom. The molecule has 96 valence electrons. The van der Waals surface area contributed by atoms with Crippen LogP contribution in [0.5, 0.6) is 0 Å². The lowest BCUT2D eigenvalue weighted by atomic mass is 9.47. The molecule has 2 saturated carbocycles. The maximum atomic E-state index is 11.7. The molecule has 0 amide bonds. The highest BCUT2D eigenvalue weighted by molar-refractivity contribution is 5.83. The molecule has 0 aliphatic heterocycles. The molecule has 2 fully saturated rings. The number of carbonyl (C=O) groups is 1. The summed E-state index contributed by atoms with van der Waals surface area (Å²) < 4.78 is 0. The molecule has 1 heterocycles. The van der Waals surface area contributed by atoms with Gasteiger partial charge in [-0.25, -0.2) is 0 Å². The molecule has 18 heavy (non-hydrogen) atoms. The topological polar surface area (TPSA) is 50.2 Å². The number of aromatic nitrogens is 1. The van der Waals surface area contributed by atoms with Gasteiger partial charge in [0.15, 0.2) is 0 Å². The van der Waals surface area contributed by atoms with Crippen LogP contribution in [0.25, 0.3) is 0 Å². The molecular formula is C15H19NO2. The number of nitrogens with zero attached hydrogens (tertiary/aromatic N) is 1. The highest BCUT2D eigenvalue weighted by atomic mass is 16.4. The van der Waals surface area contributed by atoms with E-state index in [1.807, 2.05) is 12.1 Å². The lowest BCUT2D eigenvalue weighted by Gasteiger charge is -2.56. The molecule has 0 atom stereocenters. The third-order valence-corrected chi connectivity index (χ3v) is 4.91.